The summed E-state index contributed by atoms with van der Waals surface area (Å²) >= 11 is 0. The summed E-state index contributed by atoms with van der Waals surface area (Å²) in [5.41, 5.74) is 1.75. The molecule has 3 rings (SSSR count). The number of fused-ring (bicyclic) bond motifs is 1. The topological polar surface area (TPSA) is 97.0 Å². The first-order chi connectivity index (χ1) is 12.8. The van der Waals surface area contributed by atoms with E-state index in [1.165, 1.54) is 0 Å². The van der Waals surface area contributed by atoms with E-state index < -0.39 is 17.5 Å². The number of aliphatic carboxylic acids is 1. The molecule has 144 valence electrons. The van der Waals surface area contributed by atoms with E-state index >= 15 is 0 Å². The van der Waals surface area contributed by atoms with Crippen LogP contribution in [0.15, 0.2) is 21.3 Å². The van der Waals surface area contributed by atoms with Crippen LogP contribution in [0, 0.1) is 19.8 Å². The van der Waals surface area contributed by atoms with E-state index in [4.69, 9.17) is 14.3 Å². The summed E-state index contributed by atoms with van der Waals surface area (Å²) in [7, 11) is 1.56. The highest BCUT2D eigenvalue weighted by Crippen LogP contribution is 2.29. The number of piperidine rings is 1. The Labute approximate surface area is 156 Å². The molecule has 0 atom stereocenters. The first-order valence-electron chi connectivity index (χ1n) is 8.94. The van der Waals surface area contributed by atoms with Crippen molar-refractivity contribution in [3.63, 3.8) is 0 Å². The minimum absolute atomic E-state index is 0.0487. The number of likely N-dealkylation sites (tertiary alicyclic amines) is 1. The lowest BCUT2D eigenvalue weighted by molar-refractivity contribution is -0.145. The van der Waals surface area contributed by atoms with E-state index in [-0.39, 0.29) is 12.3 Å². The van der Waals surface area contributed by atoms with Crippen molar-refractivity contribution in [3.8, 4) is 5.75 Å². The number of hydrogen-bond donors (Lipinski definition) is 1. The number of nitrogens with zero attached hydrogens (tertiary/aromatic N) is 1. The zero-order valence-electron chi connectivity index (χ0n) is 15.7. The second-order valence-corrected chi connectivity index (χ2v) is 6.93. The van der Waals surface area contributed by atoms with E-state index in [2.05, 4.69) is 0 Å². The zero-order valence-corrected chi connectivity index (χ0v) is 15.7. The van der Waals surface area contributed by atoms with Crippen LogP contribution in [0.4, 0.5) is 0 Å². The highest BCUT2D eigenvalue weighted by molar-refractivity contribution is 5.87. The number of hydrogen-bond acceptors (Lipinski definition) is 5. The molecule has 0 saturated carbocycles. The molecule has 1 saturated heterocycles. The minimum atomic E-state index is -0.820. The van der Waals surface area contributed by atoms with E-state index in [0.29, 0.717) is 42.8 Å². The van der Waals surface area contributed by atoms with Gasteiger partial charge >= 0.3 is 11.6 Å². The molecule has 1 N–H and O–H groups in total. The van der Waals surface area contributed by atoms with E-state index in [9.17, 15) is 14.4 Å². The SMILES string of the molecule is COc1ccc2c(C)c(CC(=O)N3CCC(C(=O)O)CC3)c(=O)oc2c1C. The maximum atomic E-state index is 12.6. The lowest BCUT2D eigenvalue weighted by Crippen LogP contribution is -2.41. The molecule has 27 heavy (non-hydrogen) atoms. The van der Waals surface area contributed by atoms with Gasteiger partial charge in [0.15, 0.2) is 0 Å². The molecule has 7 heteroatoms. The zero-order chi connectivity index (χ0) is 19.7. The lowest BCUT2D eigenvalue weighted by Gasteiger charge is -2.30. The fraction of sp³-hybridized carbons (Fsp3) is 0.450. The van der Waals surface area contributed by atoms with Gasteiger partial charge in [-0.05, 0) is 44.4 Å². The van der Waals surface area contributed by atoms with Crippen LogP contribution in [0.2, 0.25) is 0 Å². The average molecular weight is 373 g/mol. The molecule has 0 radical (unpaired) electrons. The summed E-state index contributed by atoms with van der Waals surface area (Å²) in [6.45, 7) is 4.42. The summed E-state index contributed by atoms with van der Waals surface area (Å²) in [5, 5.41) is 9.84. The molecule has 0 spiro atoms. The summed E-state index contributed by atoms with van der Waals surface area (Å²) in [5.74, 6) is -0.771. The normalized spacial score (nSPS) is 15.1. The standard InChI is InChI=1S/C20H23NO6/c1-11-14-4-5-16(26-3)12(2)18(14)27-20(25)15(11)10-17(22)21-8-6-13(7-9-21)19(23)24/h4-5,13H,6-10H2,1-3H3,(H,23,24). The molecule has 1 aromatic heterocycles. The Kier molecular flexibility index (Phi) is 5.21. The number of rotatable bonds is 4. The van der Waals surface area contributed by atoms with Crippen LogP contribution in [-0.4, -0.2) is 42.1 Å². The number of carboxylic acid groups (broad SMARTS) is 1. The molecule has 1 aliphatic heterocycles. The van der Waals surface area contributed by atoms with Gasteiger partial charge in [-0.2, -0.15) is 0 Å². The molecular formula is C20H23NO6. The maximum Gasteiger partial charge on any atom is 0.340 e. The average Bonchev–Trinajstić information content (AvgIpc) is 2.66. The van der Waals surface area contributed by atoms with Crippen molar-refractivity contribution in [2.75, 3.05) is 20.2 Å². The number of aryl methyl sites for hydroxylation is 2. The smallest absolute Gasteiger partial charge is 0.340 e. The van der Waals surface area contributed by atoms with E-state index in [0.717, 1.165) is 16.5 Å². The summed E-state index contributed by atoms with van der Waals surface area (Å²) in [6, 6.07) is 3.64. The van der Waals surface area contributed by atoms with Crippen molar-refractivity contribution in [1.29, 1.82) is 0 Å². The molecule has 1 fully saturated rings. The van der Waals surface area contributed by atoms with Gasteiger partial charge in [-0.15, -0.1) is 0 Å². The summed E-state index contributed by atoms with van der Waals surface area (Å²) < 4.78 is 10.8. The van der Waals surface area contributed by atoms with Crippen molar-refractivity contribution in [2.45, 2.75) is 33.1 Å². The molecule has 1 amide bonds. The van der Waals surface area contributed by atoms with Crippen molar-refractivity contribution in [2.24, 2.45) is 5.92 Å². The van der Waals surface area contributed by atoms with E-state index in [1.54, 1.807) is 12.0 Å². The van der Waals surface area contributed by atoms with Gasteiger partial charge < -0.3 is 19.2 Å². The predicted octanol–water partition coefficient (Wildman–Crippen LogP) is 2.28. The molecule has 0 bridgehead atoms. The fourth-order valence-electron chi connectivity index (χ4n) is 3.64. The first-order valence-corrected chi connectivity index (χ1v) is 8.94. The molecule has 0 unspecified atom stereocenters. The highest BCUT2D eigenvalue weighted by atomic mass is 16.5. The van der Waals surface area contributed by atoms with Crippen molar-refractivity contribution in [3.05, 3.63) is 39.2 Å². The van der Waals surface area contributed by atoms with Crippen molar-refractivity contribution < 1.29 is 23.8 Å². The highest BCUT2D eigenvalue weighted by Gasteiger charge is 2.28. The number of methoxy groups -OCH3 is 1. The minimum Gasteiger partial charge on any atom is -0.496 e. The maximum absolute atomic E-state index is 12.6. The molecule has 1 aliphatic rings. The molecule has 7 nitrogen and oxygen atoms in total. The third-order valence-electron chi connectivity index (χ3n) is 5.40. The van der Waals surface area contributed by atoms with Crippen LogP contribution in [0.25, 0.3) is 11.0 Å². The number of ether oxygens (including phenoxy) is 1. The Morgan fingerprint density at radius 3 is 2.48 bits per heavy atom. The van der Waals surface area contributed by atoms with Crippen LogP contribution < -0.4 is 10.4 Å². The number of carbonyl (C=O) groups is 2. The molecular weight excluding hydrogens is 350 g/mol. The number of carbonyl (C=O) groups excluding carboxylic acids is 1. The van der Waals surface area contributed by atoms with Crippen LogP contribution in [0.1, 0.15) is 29.5 Å². The van der Waals surface area contributed by atoms with Crippen molar-refractivity contribution >= 4 is 22.8 Å². The Bertz CT molecular complexity index is 953. The van der Waals surface area contributed by atoms with Gasteiger partial charge in [-0.25, -0.2) is 4.79 Å². The van der Waals surface area contributed by atoms with Gasteiger partial charge in [-0.1, -0.05) is 0 Å². The third-order valence-corrected chi connectivity index (χ3v) is 5.40. The van der Waals surface area contributed by atoms with Gasteiger partial charge in [0.25, 0.3) is 0 Å². The molecule has 2 heterocycles. The van der Waals surface area contributed by atoms with Crippen LogP contribution in [0.3, 0.4) is 0 Å². The van der Waals surface area contributed by atoms with Crippen LogP contribution in [0.5, 0.6) is 5.75 Å². The summed E-state index contributed by atoms with van der Waals surface area (Å²) in [4.78, 5) is 37.8. The number of benzene rings is 1. The number of amides is 1. The van der Waals surface area contributed by atoms with Crippen LogP contribution >= 0.6 is 0 Å². The second kappa shape index (κ2) is 7.42. The first kappa shape index (κ1) is 18.9. The molecule has 2 aromatic rings. The fourth-order valence-corrected chi connectivity index (χ4v) is 3.64. The summed E-state index contributed by atoms with van der Waals surface area (Å²) in [6.07, 6.45) is 0.823. The predicted molar refractivity (Wildman–Crippen MR) is 99.2 cm³/mol. The lowest BCUT2D eigenvalue weighted by atomic mass is 9.96. The third kappa shape index (κ3) is 3.54. The number of carboxylic acids is 1. The van der Waals surface area contributed by atoms with Gasteiger partial charge in [0.1, 0.15) is 11.3 Å². The van der Waals surface area contributed by atoms with Gasteiger partial charge in [0.05, 0.1) is 25.0 Å². The van der Waals surface area contributed by atoms with Gasteiger partial charge in [-0.3, -0.25) is 9.59 Å². The van der Waals surface area contributed by atoms with Crippen LogP contribution in [-0.2, 0) is 16.0 Å². The van der Waals surface area contributed by atoms with Crippen molar-refractivity contribution in [1.82, 2.24) is 4.90 Å². The Morgan fingerprint density at radius 1 is 1.22 bits per heavy atom. The Hall–Kier alpha value is -2.83. The Balaban J connectivity index is 1.86. The van der Waals surface area contributed by atoms with Gasteiger partial charge in [0.2, 0.25) is 5.91 Å². The monoisotopic (exact) mass is 373 g/mol. The van der Waals surface area contributed by atoms with Gasteiger partial charge in [0, 0.05) is 24.0 Å². The largest absolute Gasteiger partial charge is 0.496 e. The van der Waals surface area contributed by atoms with E-state index in [1.807, 2.05) is 26.0 Å². The second-order valence-electron chi connectivity index (χ2n) is 6.93. The molecule has 1 aromatic carbocycles. The molecule has 0 aliphatic carbocycles. The Morgan fingerprint density at radius 2 is 1.89 bits per heavy atom. The quantitative estimate of drug-likeness (QED) is 0.826.